The number of hydrogen-bond acceptors (Lipinski definition) is 5. The van der Waals surface area contributed by atoms with Crippen molar-refractivity contribution >= 4 is 33.0 Å². The Morgan fingerprint density at radius 2 is 2.19 bits per heavy atom. The molecule has 0 radical (unpaired) electrons. The van der Waals surface area contributed by atoms with Crippen LogP contribution in [0.1, 0.15) is 6.92 Å². The number of anilines is 1. The molecule has 0 saturated heterocycles. The number of benzene rings is 1. The lowest BCUT2D eigenvalue weighted by atomic mass is 10.3. The largest absolute Gasteiger partial charge is 0.276 e. The van der Waals surface area contributed by atoms with E-state index in [0.717, 1.165) is 12.1 Å². The number of aryl methyl sites for hydroxylation is 1. The number of rotatable bonds is 5. The van der Waals surface area contributed by atoms with Gasteiger partial charge in [0, 0.05) is 24.9 Å². The number of aromatic nitrogens is 2. The molecule has 0 aliphatic rings. The van der Waals surface area contributed by atoms with E-state index < -0.39 is 14.9 Å². The molecule has 0 atom stereocenters. The molecular weight excluding hydrogens is 320 g/mol. The summed E-state index contributed by atoms with van der Waals surface area (Å²) in [5, 5.41) is 14.6. The van der Waals surface area contributed by atoms with Crippen LogP contribution in [0.2, 0.25) is 5.02 Å². The summed E-state index contributed by atoms with van der Waals surface area (Å²) in [6.07, 6.45) is 2.84. The fraction of sp³-hybridized carbons (Fsp3) is 0.182. The predicted molar refractivity (Wildman–Crippen MR) is 76.8 cm³/mol. The molecule has 0 saturated carbocycles. The normalized spacial score (nSPS) is 11.3. The van der Waals surface area contributed by atoms with Crippen LogP contribution in [0.3, 0.4) is 0 Å². The number of nitrogens with zero attached hydrogens (tertiary/aromatic N) is 3. The second-order valence-corrected chi connectivity index (χ2v) is 6.12. The predicted octanol–water partition coefficient (Wildman–Crippen LogP) is 2.27. The van der Waals surface area contributed by atoms with Crippen molar-refractivity contribution in [2.75, 3.05) is 4.72 Å². The molecule has 112 valence electrons. The number of sulfonamides is 1. The fourth-order valence-corrected chi connectivity index (χ4v) is 3.16. The van der Waals surface area contributed by atoms with Gasteiger partial charge < -0.3 is 0 Å². The van der Waals surface area contributed by atoms with Crippen molar-refractivity contribution in [3.63, 3.8) is 0 Å². The highest BCUT2D eigenvalue weighted by atomic mass is 35.5. The maximum absolute atomic E-state index is 12.2. The summed E-state index contributed by atoms with van der Waals surface area (Å²) in [7, 11) is -4.03. The quantitative estimate of drug-likeness (QED) is 0.668. The van der Waals surface area contributed by atoms with E-state index in [2.05, 4.69) is 9.82 Å². The zero-order valence-corrected chi connectivity index (χ0v) is 12.4. The molecule has 2 rings (SSSR count). The Labute approximate surface area is 125 Å². The molecule has 21 heavy (non-hydrogen) atoms. The highest BCUT2D eigenvalue weighted by Gasteiger charge is 2.22. The Hall–Kier alpha value is -2.13. The molecule has 1 heterocycles. The first-order valence-electron chi connectivity index (χ1n) is 5.82. The van der Waals surface area contributed by atoms with Gasteiger partial charge in [-0.2, -0.15) is 5.10 Å². The standard InChI is InChI=1S/C11H11ClN4O4S/c1-2-15-7-8(6-13-15)14-21(19,20)11-5-9(16(17)18)3-4-10(11)12/h3-7,14H,2H2,1H3. The molecule has 8 nitrogen and oxygen atoms in total. The Morgan fingerprint density at radius 1 is 1.48 bits per heavy atom. The van der Waals surface area contributed by atoms with Gasteiger partial charge >= 0.3 is 0 Å². The van der Waals surface area contributed by atoms with Gasteiger partial charge in [-0.1, -0.05) is 11.6 Å². The number of non-ortho nitro benzene ring substituents is 1. The van der Waals surface area contributed by atoms with Gasteiger partial charge in [0.15, 0.2) is 0 Å². The number of nitro groups is 1. The molecule has 0 aliphatic carbocycles. The van der Waals surface area contributed by atoms with Crippen molar-refractivity contribution in [1.82, 2.24) is 9.78 Å². The van der Waals surface area contributed by atoms with Gasteiger partial charge in [0.1, 0.15) is 4.90 Å². The first-order valence-corrected chi connectivity index (χ1v) is 7.69. The van der Waals surface area contributed by atoms with Crippen molar-refractivity contribution in [1.29, 1.82) is 0 Å². The van der Waals surface area contributed by atoms with E-state index in [1.54, 1.807) is 0 Å². The summed E-state index contributed by atoms with van der Waals surface area (Å²) in [5.74, 6) is 0. The maximum atomic E-state index is 12.2. The monoisotopic (exact) mass is 330 g/mol. The van der Waals surface area contributed by atoms with Crippen LogP contribution in [0, 0.1) is 10.1 Å². The van der Waals surface area contributed by atoms with Crippen LogP contribution < -0.4 is 4.72 Å². The lowest BCUT2D eigenvalue weighted by molar-refractivity contribution is -0.385. The number of hydrogen-bond donors (Lipinski definition) is 1. The van der Waals surface area contributed by atoms with Gasteiger partial charge in [-0.25, -0.2) is 8.42 Å². The Kier molecular flexibility index (Phi) is 4.14. The maximum Gasteiger partial charge on any atom is 0.270 e. The molecule has 0 spiro atoms. The first-order chi connectivity index (χ1) is 9.83. The Bertz CT molecular complexity index is 787. The summed E-state index contributed by atoms with van der Waals surface area (Å²) < 4.78 is 28.3. The molecule has 1 N–H and O–H groups in total. The minimum atomic E-state index is -4.03. The Morgan fingerprint density at radius 3 is 2.76 bits per heavy atom. The van der Waals surface area contributed by atoms with Crippen molar-refractivity contribution in [2.45, 2.75) is 18.4 Å². The number of halogens is 1. The number of nitro benzene ring substituents is 1. The highest BCUT2D eigenvalue weighted by Crippen LogP contribution is 2.27. The van der Waals surface area contributed by atoms with Crippen molar-refractivity contribution in [3.05, 3.63) is 45.7 Å². The van der Waals surface area contributed by atoms with E-state index >= 15 is 0 Å². The topological polar surface area (TPSA) is 107 Å². The summed E-state index contributed by atoms with van der Waals surface area (Å²) in [6.45, 7) is 2.43. The van der Waals surface area contributed by atoms with Crippen molar-refractivity contribution < 1.29 is 13.3 Å². The van der Waals surface area contributed by atoms with Gasteiger partial charge in [0.2, 0.25) is 0 Å². The zero-order valence-electron chi connectivity index (χ0n) is 10.9. The third-order valence-electron chi connectivity index (χ3n) is 2.62. The van der Waals surface area contributed by atoms with E-state index in [9.17, 15) is 18.5 Å². The fourth-order valence-electron chi connectivity index (χ4n) is 1.61. The van der Waals surface area contributed by atoms with E-state index in [-0.39, 0.29) is 21.3 Å². The van der Waals surface area contributed by atoms with Crippen LogP contribution in [0.4, 0.5) is 11.4 Å². The van der Waals surface area contributed by atoms with E-state index in [1.165, 1.54) is 23.1 Å². The summed E-state index contributed by atoms with van der Waals surface area (Å²) in [6, 6.07) is 3.22. The minimum Gasteiger partial charge on any atom is -0.276 e. The average Bonchev–Trinajstić information content (AvgIpc) is 2.85. The number of nitrogens with one attached hydrogen (secondary N) is 1. The third-order valence-corrected chi connectivity index (χ3v) is 4.49. The molecule has 10 heteroatoms. The molecule has 2 aromatic rings. The summed E-state index contributed by atoms with van der Waals surface area (Å²) in [5.41, 5.74) is -0.108. The summed E-state index contributed by atoms with van der Waals surface area (Å²) >= 11 is 5.82. The van der Waals surface area contributed by atoms with Gasteiger partial charge in [-0.05, 0) is 13.0 Å². The van der Waals surface area contributed by atoms with Gasteiger partial charge in [-0.15, -0.1) is 0 Å². The van der Waals surface area contributed by atoms with Crippen LogP contribution >= 0.6 is 11.6 Å². The van der Waals surface area contributed by atoms with Crippen LogP contribution in [0.5, 0.6) is 0 Å². The van der Waals surface area contributed by atoms with Crippen LogP contribution in [-0.2, 0) is 16.6 Å². The molecule has 0 fully saturated rings. The van der Waals surface area contributed by atoms with E-state index in [1.807, 2.05) is 6.92 Å². The van der Waals surface area contributed by atoms with E-state index in [4.69, 9.17) is 11.6 Å². The van der Waals surface area contributed by atoms with Crippen LogP contribution in [0.15, 0.2) is 35.5 Å². The average molecular weight is 331 g/mol. The van der Waals surface area contributed by atoms with Gasteiger partial charge in [-0.3, -0.25) is 19.5 Å². The van der Waals surface area contributed by atoms with Crippen molar-refractivity contribution in [3.8, 4) is 0 Å². The second-order valence-electron chi connectivity index (χ2n) is 4.06. The Balaban J connectivity index is 2.39. The minimum absolute atomic E-state index is 0.101. The van der Waals surface area contributed by atoms with Gasteiger partial charge in [0.25, 0.3) is 15.7 Å². The second kappa shape index (κ2) is 5.70. The molecule has 0 bridgehead atoms. The molecule has 0 aliphatic heterocycles. The SMILES string of the molecule is CCn1cc(NS(=O)(=O)c2cc([N+](=O)[O-])ccc2Cl)cn1. The lowest BCUT2D eigenvalue weighted by Gasteiger charge is -2.07. The van der Waals surface area contributed by atoms with Crippen LogP contribution in [-0.4, -0.2) is 23.1 Å². The highest BCUT2D eigenvalue weighted by molar-refractivity contribution is 7.92. The molecular formula is C11H11ClN4O4S. The molecule has 0 amide bonds. The third kappa shape index (κ3) is 3.31. The van der Waals surface area contributed by atoms with Crippen molar-refractivity contribution in [2.24, 2.45) is 0 Å². The first kappa shape index (κ1) is 15.3. The molecule has 1 aromatic carbocycles. The molecule has 1 aromatic heterocycles. The molecule has 0 unspecified atom stereocenters. The van der Waals surface area contributed by atoms with Crippen LogP contribution in [0.25, 0.3) is 0 Å². The van der Waals surface area contributed by atoms with Gasteiger partial charge in [0.05, 0.1) is 21.8 Å². The van der Waals surface area contributed by atoms with E-state index in [0.29, 0.717) is 6.54 Å². The smallest absolute Gasteiger partial charge is 0.270 e. The summed E-state index contributed by atoms with van der Waals surface area (Å²) in [4.78, 5) is 9.68. The lowest BCUT2D eigenvalue weighted by Crippen LogP contribution is -2.13. The zero-order chi connectivity index (χ0) is 15.6.